The van der Waals surface area contributed by atoms with Crippen molar-refractivity contribution in [1.82, 2.24) is 0 Å². The van der Waals surface area contributed by atoms with Crippen LogP contribution in [0.15, 0.2) is 127 Å². The third-order valence-corrected chi connectivity index (χ3v) is 8.64. The highest BCUT2D eigenvalue weighted by Crippen LogP contribution is 2.62. The van der Waals surface area contributed by atoms with Gasteiger partial charge in [0, 0.05) is 53.5 Å². The van der Waals surface area contributed by atoms with Gasteiger partial charge in [0.1, 0.15) is 6.54 Å². The molecule has 0 radical (unpaired) electrons. The highest BCUT2D eigenvalue weighted by molar-refractivity contribution is 6.92. The van der Waals surface area contributed by atoms with Crippen molar-refractivity contribution in [2.45, 2.75) is 54.5 Å². The molecule has 5 rings (SSSR count). The predicted octanol–water partition coefficient (Wildman–Crippen LogP) is 8.01. The van der Waals surface area contributed by atoms with Crippen molar-refractivity contribution in [2.75, 3.05) is 14.1 Å². The van der Waals surface area contributed by atoms with E-state index in [1.54, 1.807) is 0 Å². The predicted molar refractivity (Wildman–Crippen MR) is 156 cm³/mol. The molecular weight excluding hydrogens is 573 g/mol. The Balaban J connectivity index is 0.000000359. The molecule has 230 valence electrons. The van der Waals surface area contributed by atoms with Crippen LogP contribution in [0.25, 0.3) is 0 Å². The zero-order valence-corrected chi connectivity index (χ0v) is 24.0. The number of nitrogens with one attached hydrogen (secondary N) is 1. The minimum atomic E-state index is -4.72. The number of allylic oxidation sites excluding steroid dienone is 16. The average Bonchev–Trinajstić information content (AvgIpc) is 2.88. The molecule has 4 atom stereocenters. The molecule has 0 saturated heterocycles. The lowest BCUT2D eigenvalue weighted by Crippen LogP contribution is -3.04. The average molecular weight is 607 g/mol. The first-order chi connectivity index (χ1) is 20.2. The summed E-state index contributed by atoms with van der Waals surface area (Å²) in [4.78, 5) is 1.46. The first kappa shape index (κ1) is 32.5. The number of benzene rings is 1. The van der Waals surface area contributed by atoms with Crippen molar-refractivity contribution in [1.29, 1.82) is 0 Å². The van der Waals surface area contributed by atoms with Crippen LogP contribution in [-0.4, -0.2) is 42.5 Å². The molecule has 43 heavy (non-hydrogen) atoms. The van der Waals surface area contributed by atoms with E-state index in [9.17, 15) is 17.6 Å². The van der Waals surface area contributed by atoms with Gasteiger partial charge in [0.15, 0.2) is 6.15 Å². The van der Waals surface area contributed by atoms with Gasteiger partial charge in [-0.3, -0.25) is 17.6 Å². The van der Waals surface area contributed by atoms with Crippen LogP contribution in [0.5, 0.6) is 0 Å². The number of quaternary nitrogens is 1. The maximum atomic E-state index is 17.0. The van der Waals surface area contributed by atoms with Gasteiger partial charge >= 0.3 is 0 Å². The Hall–Kier alpha value is -3.40. The lowest BCUT2D eigenvalue weighted by atomic mass is 8.99. The van der Waals surface area contributed by atoms with Gasteiger partial charge in [0.25, 0.3) is 0 Å². The number of rotatable bonds is 6. The van der Waals surface area contributed by atoms with Gasteiger partial charge < -0.3 is 4.90 Å². The molecule has 0 aliphatic heterocycles. The summed E-state index contributed by atoms with van der Waals surface area (Å²) in [5.74, 6) is -4.59. The van der Waals surface area contributed by atoms with Crippen molar-refractivity contribution in [2.24, 2.45) is 0 Å². The van der Waals surface area contributed by atoms with E-state index in [-0.39, 0.29) is 0 Å². The lowest BCUT2D eigenvalue weighted by Gasteiger charge is -2.68. The van der Waals surface area contributed by atoms with Crippen LogP contribution in [0.2, 0.25) is 0 Å². The molecule has 10 heteroatoms. The van der Waals surface area contributed by atoms with Gasteiger partial charge in [0.2, 0.25) is 0 Å². The third-order valence-electron chi connectivity index (χ3n) is 8.64. The van der Waals surface area contributed by atoms with Crippen LogP contribution in [0.1, 0.15) is 31.2 Å². The number of halogens is 8. The van der Waals surface area contributed by atoms with Gasteiger partial charge in [-0.1, -0.05) is 78.9 Å². The van der Waals surface area contributed by atoms with E-state index in [1.807, 2.05) is 0 Å². The Morgan fingerprint density at radius 2 is 0.860 bits per heavy atom. The smallest absolute Gasteiger partial charge is 0.183 e. The maximum Gasteiger partial charge on any atom is 0.183 e. The molecule has 0 fully saturated rings. The Kier molecular flexibility index (Phi) is 9.31. The summed E-state index contributed by atoms with van der Waals surface area (Å²) in [6.07, 6.45) is -0.745. The van der Waals surface area contributed by atoms with Gasteiger partial charge in [-0.25, -0.2) is 17.6 Å². The fourth-order valence-corrected chi connectivity index (χ4v) is 7.34. The molecule has 0 aromatic heterocycles. The van der Waals surface area contributed by atoms with Gasteiger partial charge in [-0.15, -0.1) is 0 Å². The van der Waals surface area contributed by atoms with E-state index in [0.717, 1.165) is 55.2 Å². The Morgan fingerprint density at radius 1 is 0.558 bits per heavy atom. The molecule has 1 nitrogen and oxygen atoms in total. The zero-order valence-electron chi connectivity index (χ0n) is 24.0. The molecule has 0 heterocycles. The van der Waals surface area contributed by atoms with Gasteiger partial charge in [-0.05, 0) is 24.3 Å². The summed E-state index contributed by atoms with van der Waals surface area (Å²) in [5.41, 5.74) is -12.4. The summed E-state index contributed by atoms with van der Waals surface area (Å²) in [7, 11) is 4.32. The Morgan fingerprint density at radius 3 is 1.12 bits per heavy atom. The van der Waals surface area contributed by atoms with Crippen LogP contribution in [0.4, 0.5) is 35.1 Å². The number of hydrogen-bond acceptors (Lipinski definition) is 0. The number of hydrogen-bond donors (Lipinski definition) is 1. The van der Waals surface area contributed by atoms with Crippen molar-refractivity contribution in [3.8, 4) is 0 Å². The maximum absolute atomic E-state index is 17.0. The minimum absolute atomic E-state index is 0.609. The van der Waals surface area contributed by atoms with Crippen LogP contribution in [0.3, 0.4) is 0 Å². The van der Waals surface area contributed by atoms with Gasteiger partial charge in [-0.2, -0.15) is 0 Å². The molecule has 0 amide bonds. The van der Waals surface area contributed by atoms with E-state index in [2.05, 4.69) is 44.4 Å². The Bertz CT molecular complexity index is 1270. The van der Waals surface area contributed by atoms with E-state index in [1.165, 1.54) is 10.5 Å². The van der Waals surface area contributed by atoms with Crippen molar-refractivity contribution >= 4 is 6.15 Å². The molecule has 1 N–H and O–H groups in total. The highest BCUT2D eigenvalue weighted by atomic mass is 19.2. The van der Waals surface area contributed by atoms with Crippen LogP contribution >= 0.6 is 0 Å². The van der Waals surface area contributed by atoms with Crippen LogP contribution in [-0.2, 0) is 6.54 Å². The normalized spacial score (nSPS) is 33.1. The first-order valence-electron chi connectivity index (χ1n) is 14.1. The summed E-state index contributed by atoms with van der Waals surface area (Å²) in [6.45, 7) is 1.11. The highest BCUT2D eigenvalue weighted by Gasteiger charge is 2.76. The molecule has 0 spiro atoms. The SMILES string of the molecule is C[NH+](C)Cc1ccccc1.FC1=CC=CC(F)([B-](C2(F)C=CC=C(F)C2)(C2(F)C=CC=C(F)C2)C2(F)C=CC=C(F)C2)C1. The fourth-order valence-electron chi connectivity index (χ4n) is 7.34. The standard InChI is InChI=1S/C24H20BF8.C9H13N/c26-17-5-1-9-21(30,13-17)25(22(31)10-2-6-18(27)14-22,23(32)11-3-7-19(28)15-23)24(33)12-4-8-20(29)16-24;1-10(2)8-9-6-4-3-5-7-9/h1-12H,13-16H2;3-7H,8H2,1-2H3/q-1;/p+1. The molecule has 1 aromatic rings. The summed E-state index contributed by atoms with van der Waals surface area (Å²) < 4.78 is 126. The molecule has 4 aliphatic rings. The topological polar surface area (TPSA) is 4.44 Å². The molecular formula is C33H34BF8N. The lowest BCUT2D eigenvalue weighted by molar-refractivity contribution is -0.872. The molecule has 4 aliphatic carbocycles. The van der Waals surface area contributed by atoms with Gasteiger partial charge in [0.05, 0.1) is 37.4 Å². The quantitative estimate of drug-likeness (QED) is 0.247. The first-order valence-corrected chi connectivity index (χ1v) is 14.1. The second kappa shape index (κ2) is 12.3. The molecule has 0 saturated carbocycles. The molecule has 0 bridgehead atoms. The molecule has 1 aromatic carbocycles. The van der Waals surface area contributed by atoms with Crippen LogP contribution < -0.4 is 4.90 Å². The second-order valence-electron chi connectivity index (χ2n) is 12.0. The van der Waals surface area contributed by atoms with E-state index in [0.29, 0.717) is 24.3 Å². The van der Waals surface area contributed by atoms with E-state index < -0.39 is 77.4 Å². The fraction of sp³-hybridized carbons (Fsp3) is 0.333. The number of alkyl halides is 4. The molecule has 4 unspecified atom stereocenters. The second-order valence-corrected chi connectivity index (χ2v) is 12.0. The third kappa shape index (κ3) is 6.03. The summed E-state index contributed by atoms with van der Waals surface area (Å²) in [6, 6.07) is 10.5. The monoisotopic (exact) mass is 607 g/mol. The van der Waals surface area contributed by atoms with E-state index >= 15 is 17.6 Å². The minimum Gasteiger partial charge on any atom is -0.336 e. The Labute approximate surface area is 246 Å². The van der Waals surface area contributed by atoms with Crippen LogP contribution in [0, 0.1) is 0 Å². The largest absolute Gasteiger partial charge is 0.336 e. The summed E-state index contributed by atoms with van der Waals surface area (Å²) in [5, 5.41) is 0. The van der Waals surface area contributed by atoms with Crippen molar-refractivity contribution in [3.05, 3.63) is 132 Å². The van der Waals surface area contributed by atoms with Crippen molar-refractivity contribution in [3.63, 3.8) is 0 Å². The van der Waals surface area contributed by atoms with E-state index in [4.69, 9.17) is 0 Å². The summed E-state index contributed by atoms with van der Waals surface area (Å²) >= 11 is 0. The zero-order chi connectivity index (χ0) is 31.5. The van der Waals surface area contributed by atoms with Crippen molar-refractivity contribution < 1.29 is 40.0 Å².